The van der Waals surface area contributed by atoms with Crippen LogP contribution in [-0.4, -0.2) is 29.0 Å². The van der Waals surface area contributed by atoms with Crippen LogP contribution in [0, 0.1) is 28.9 Å². The quantitative estimate of drug-likeness (QED) is 0.313. The van der Waals surface area contributed by atoms with E-state index in [0.29, 0.717) is 16.3 Å². The van der Waals surface area contributed by atoms with Crippen LogP contribution in [0.3, 0.4) is 0 Å². The third kappa shape index (κ3) is 5.26. The molecule has 9 nitrogen and oxygen atoms in total. The molecule has 2 aromatic carbocycles. The number of hydrogen-bond donors (Lipinski definition) is 2. The van der Waals surface area contributed by atoms with Crippen molar-refractivity contribution in [3.63, 3.8) is 0 Å². The molecule has 34 heavy (non-hydrogen) atoms. The molecule has 0 bridgehead atoms. The van der Waals surface area contributed by atoms with Gasteiger partial charge in [0.25, 0.3) is 5.56 Å². The molecule has 0 spiro atoms. The van der Waals surface area contributed by atoms with E-state index < -0.39 is 17.5 Å². The fourth-order valence-corrected chi connectivity index (χ4v) is 3.61. The third-order valence-corrected chi connectivity index (χ3v) is 5.50. The van der Waals surface area contributed by atoms with Gasteiger partial charge in [-0.05, 0) is 48.0 Å². The van der Waals surface area contributed by atoms with Gasteiger partial charge in [-0.2, -0.15) is 10.5 Å². The lowest BCUT2D eigenvalue weighted by Gasteiger charge is -2.14. The van der Waals surface area contributed by atoms with Crippen molar-refractivity contribution in [1.29, 1.82) is 10.5 Å². The summed E-state index contributed by atoms with van der Waals surface area (Å²) < 4.78 is 6.31. The van der Waals surface area contributed by atoms with E-state index in [-0.39, 0.29) is 23.2 Å². The zero-order chi connectivity index (χ0) is 24.7. The minimum atomic E-state index is -0.767. The lowest BCUT2D eigenvalue weighted by Crippen LogP contribution is -2.26. The number of aliphatic imine (C=N–C) groups is 1. The van der Waals surface area contributed by atoms with Gasteiger partial charge in [-0.1, -0.05) is 30.3 Å². The molecule has 1 heterocycles. The number of pyridine rings is 1. The molecule has 0 radical (unpaired) electrons. The number of ether oxygens (including phenoxy) is 1. The molecule has 0 fully saturated rings. The fourth-order valence-electron chi connectivity index (χ4n) is 3.20. The van der Waals surface area contributed by atoms with Crippen molar-refractivity contribution >= 4 is 29.7 Å². The molecule has 0 aliphatic heterocycles. The summed E-state index contributed by atoms with van der Waals surface area (Å²) in [6.07, 6.45) is 1.11. The van der Waals surface area contributed by atoms with Crippen LogP contribution in [0.2, 0.25) is 0 Å². The topological polar surface area (TPSA) is 140 Å². The van der Waals surface area contributed by atoms with Gasteiger partial charge in [0.15, 0.2) is 0 Å². The maximum Gasteiger partial charge on any atom is 0.345 e. The molecule has 170 valence electrons. The number of hydrogen-bond acceptors (Lipinski definition) is 7. The largest absolute Gasteiger partial charge is 0.495 e. The Morgan fingerprint density at radius 3 is 2.65 bits per heavy atom. The predicted octanol–water partition coefficient (Wildman–Crippen LogP) is 4.02. The number of thioether (sulfide) groups is 1. The molecular weight excluding hydrogens is 454 g/mol. The highest BCUT2D eigenvalue weighted by Gasteiger charge is 2.18. The van der Waals surface area contributed by atoms with Crippen LogP contribution in [0.15, 0.2) is 63.2 Å². The van der Waals surface area contributed by atoms with Crippen molar-refractivity contribution in [2.24, 2.45) is 4.99 Å². The second-order valence-electron chi connectivity index (χ2n) is 6.97. The van der Waals surface area contributed by atoms with Gasteiger partial charge in [0.2, 0.25) is 5.88 Å². The van der Waals surface area contributed by atoms with Crippen LogP contribution in [0.25, 0.3) is 0 Å². The van der Waals surface area contributed by atoms with Crippen LogP contribution in [0.1, 0.15) is 22.3 Å². The van der Waals surface area contributed by atoms with E-state index in [2.05, 4.69) is 10.3 Å². The second-order valence-corrected chi connectivity index (χ2v) is 7.83. The van der Waals surface area contributed by atoms with E-state index in [1.54, 1.807) is 42.5 Å². The maximum atomic E-state index is 12.7. The summed E-state index contributed by atoms with van der Waals surface area (Å²) in [6, 6.07) is 14.9. The number of nitriles is 2. The number of aromatic nitrogens is 1. The number of amides is 2. The average molecular weight is 474 g/mol. The minimum absolute atomic E-state index is 0.0394. The maximum absolute atomic E-state index is 12.7. The first-order valence-corrected chi connectivity index (χ1v) is 10.7. The molecule has 3 aromatic rings. The number of benzene rings is 2. The molecule has 10 heteroatoms. The number of rotatable bonds is 6. The molecular formula is C24H19N5O4S. The van der Waals surface area contributed by atoms with Crippen LogP contribution in [0.5, 0.6) is 11.6 Å². The normalized spacial score (nSPS) is 10.5. The first-order chi connectivity index (χ1) is 16.4. The molecule has 0 atom stereocenters. The Hall–Kier alpha value is -4.54. The van der Waals surface area contributed by atoms with E-state index >= 15 is 0 Å². The Kier molecular flexibility index (Phi) is 7.70. The number of thiocyanates is 1. The van der Waals surface area contributed by atoms with Crippen LogP contribution >= 0.6 is 11.8 Å². The summed E-state index contributed by atoms with van der Waals surface area (Å²) in [4.78, 5) is 29.7. The lowest BCUT2D eigenvalue weighted by atomic mass is 10.1. The number of nitrogens with zero attached hydrogens (tertiary/aromatic N) is 4. The van der Waals surface area contributed by atoms with E-state index in [0.717, 1.165) is 28.1 Å². The van der Waals surface area contributed by atoms with Gasteiger partial charge in [-0.25, -0.2) is 9.79 Å². The number of urea groups is 1. The first kappa shape index (κ1) is 24.1. The number of carbonyl (C=O) groups excluding carboxylic acids is 1. The number of carbonyl (C=O) groups is 1. The second kappa shape index (κ2) is 10.9. The van der Waals surface area contributed by atoms with Crippen LogP contribution in [-0.2, 0) is 6.54 Å². The number of anilines is 1. The Bertz CT molecular complexity index is 1400. The molecule has 3 rings (SSSR count). The first-order valence-electron chi connectivity index (χ1n) is 9.89. The van der Waals surface area contributed by atoms with Crippen LogP contribution in [0.4, 0.5) is 10.5 Å². The Balaban J connectivity index is 1.93. The standard InChI is InChI=1S/C24H19N5O4S/c1-15-18(11-25)22(30)29(13-16-6-4-3-5-7-16)23(31)19(15)12-27-24(32)28-20-9-8-17(34-14-26)10-21(20)33-2/h3-10,12,31H,13H2,1-2H3,(H,28,32)/b27-12+. The summed E-state index contributed by atoms with van der Waals surface area (Å²) in [5.74, 6) is -0.0663. The zero-order valence-corrected chi connectivity index (χ0v) is 19.1. The van der Waals surface area contributed by atoms with Gasteiger partial charge in [0, 0.05) is 11.1 Å². The summed E-state index contributed by atoms with van der Waals surface area (Å²) >= 11 is 0.951. The monoisotopic (exact) mass is 473 g/mol. The van der Waals surface area contributed by atoms with E-state index in [1.807, 2.05) is 17.5 Å². The highest BCUT2D eigenvalue weighted by atomic mass is 32.2. The van der Waals surface area contributed by atoms with Crippen molar-refractivity contribution in [2.45, 2.75) is 18.4 Å². The molecule has 0 aliphatic rings. The van der Waals surface area contributed by atoms with Gasteiger partial charge < -0.3 is 15.2 Å². The van der Waals surface area contributed by atoms with E-state index in [9.17, 15) is 20.0 Å². The van der Waals surface area contributed by atoms with Crippen molar-refractivity contribution in [3.05, 3.63) is 81.1 Å². The summed E-state index contributed by atoms with van der Waals surface area (Å²) in [6.45, 7) is 1.54. The van der Waals surface area contributed by atoms with Crippen molar-refractivity contribution < 1.29 is 14.6 Å². The summed E-state index contributed by atoms with van der Waals surface area (Å²) in [5.41, 5.74) is 0.583. The summed E-state index contributed by atoms with van der Waals surface area (Å²) in [5, 5.41) is 33.6. The lowest BCUT2D eigenvalue weighted by molar-refractivity contribution is 0.259. The van der Waals surface area contributed by atoms with E-state index in [4.69, 9.17) is 10.00 Å². The van der Waals surface area contributed by atoms with Gasteiger partial charge in [0.1, 0.15) is 22.8 Å². The predicted molar refractivity (Wildman–Crippen MR) is 128 cm³/mol. The zero-order valence-electron chi connectivity index (χ0n) is 18.3. The van der Waals surface area contributed by atoms with Gasteiger partial charge in [-0.3, -0.25) is 9.36 Å². The Morgan fingerprint density at radius 1 is 1.26 bits per heavy atom. The van der Waals surface area contributed by atoms with Crippen molar-refractivity contribution in [2.75, 3.05) is 12.4 Å². The average Bonchev–Trinajstić information content (AvgIpc) is 2.83. The van der Waals surface area contributed by atoms with E-state index in [1.165, 1.54) is 14.0 Å². The highest BCUT2D eigenvalue weighted by Crippen LogP contribution is 2.30. The fraction of sp³-hybridized carbons (Fsp3) is 0.125. The highest BCUT2D eigenvalue weighted by molar-refractivity contribution is 8.03. The van der Waals surface area contributed by atoms with Gasteiger partial charge >= 0.3 is 6.03 Å². The molecule has 2 N–H and O–H groups in total. The molecule has 1 aromatic heterocycles. The van der Waals surface area contributed by atoms with Gasteiger partial charge in [0.05, 0.1) is 24.9 Å². The molecule has 0 saturated heterocycles. The number of nitrogens with one attached hydrogen (secondary N) is 1. The minimum Gasteiger partial charge on any atom is -0.495 e. The summed E-state index contributed by atoms with van der Waals surface area (Å²) in [7, 11) is 1.43. The molecule has 0 aliphatic carbocycles. The Labute approximate surface area is 199 Å². The van der Waals surface area contributed by atoms with Gasteiger partial charge in [-0.15, -0.1) is 0 Å². The van der Waals surface area contributed by atoms with Crippen LogP contribution < -0.4 is 15.6 Å². The molecule has 0 saturated carbocycles. The number of methoxy groups -OCH3 is 1. The Morgan fingerprint density at radius 2 is 2.00 bits per heavy atom. The smallest absolute Gasteiger partial charge is 0.345 e. The molecule has 0 unspecified atom stereocenters. The molecule has 2 amide bonds. The van der Waals surface area contributed by atoms with Crippen molar-refractivity contribution in [3.8, 4) is 23.1 Å². The number of aromatic hydroxyl groups is 1. The third-order valence-electron chi connectivity index (χ3n) is 4.92. The SMILES string of the molecule is COc1cc(SC#N)ccc1NC(=O)/N=C/c1c(C)c(C#N)c(=O)n(Cc2ccccc2)c1O. The van der Waals surface area contributed by atoms with Crippen molar-refractivity contribution in [1.82, 2.24) is 4.57 Å².